The topological polar surface area (TPSA) is 72.3 Å². The molecule has 0 fully saturated rings. The van der Waals surface area contributed by atoms with Gasteiger partial charge in [-0.25, -0.2) is 0 Å². The lowest BCUT2D eigenvalue weighted by Crippen LogP contribution is -2.04. The van der Waals surface area contributed by atoms with Crippen molar-refractivity contribution in [2.45, 2.75) is 6.42 Å². The highest BCUT2D eigenvalue weighted by Gasteiger charge is 2.09. The highest BCUT2D eigenvalue weighted by Crippen LogP contribution is 2.17. The van der Waals surface area contributed by atoms with E-state index < -0.39 is 5.97 Å². The molecule has 0 unspecified atom stereocenters. The molecular weight excluding hydrogens is 196 g/mol. The van der Waals surface area contributed by atoms with Crippen molar-refractivity contribution in [3.63, 3.8) is 0 Å². The zero-order valence-electron chi connectivity index (χ0n) is 6.82. The van der Waals surface area contributed by atoms with E-state index in [2.05, 4.69) is 10.2 Å². The van der Waals surface area contributed by atoms with Gasteiger partial charge in [-0.15, -0.1) is 10.2 Å². The molecule has 1 aromatic rings. The first-order valence-electron chi connectivity index (χ1n) is 3.41. The lowest BCUT2D eigenvalue weighted by Gasteiger charge is -2.03. The molecule has 1 rings (SSSR count). The first kappa shape index (κ1) is 9.73. The molecular formula is C7H7ClN2O3. The van der Waals surface area contributed by atoms with Crippen LogP contribution in [0.5, 0.6) is 5.88 Å². The minimum atomic E-state index is -0.970. The standard InChI is InChI=1S/C7H7ClN2O3/c1-13-7-4(3-6(11)12)2-5(8)9-10-7/h2H,3H2,1H3,(H,11,12). The molecule has 70 valence electrons. The normalized spacial score (nSPS) is 9.69. The molecule has 5 nitrogen and oxygen atoms in total. The Morgan fingerprint density at radius 2 is 2.38 bits per heavy atom. The second kappa shape index (κ2) is 4.04. The Labute approximate surface area is 79.3 Å². The summed E-state index contributed by atoms with van der Waals surface area (Å²) in [5, 5.41) is 15.8. The molecule has 1 N–H and O–H groups in total. The van der Waals surface area contributed by atoms with Gasteiger partial charge in [0.15, 0.2) is 5.15 Å². The van der Waals surface area contributed by atoms with Gasteiger partial charge in [0, 0.05) is 5.56 Å². The number of ether oxygens (including phenoxy) is 1. The van der Waals surface area contributed by atoms with Gasteiger partial charge >= 0.3 is 5.97 Å². The predicted octanol–water partition coefficient (Wildman–Crippen LogP) is 0.766. The SMILES string of the molecule is COc1nnc(Cl)cc1CC(=O)O. The quantitative estimate of drug-likeness (QED) is 0.784. The van der Waals surface area contributed by atoms with Crippen molar-refractivity contribution >= 4 is 17.6 Å². The molecule has 0 aliphatic heterocycles. The maximum atomic E-state index is 10.4. The number of nitrogens with zero attached hydrogens (tertiary/aromatic N) is 2. The first-order chi connectivity index (χ1) is 6.13. The van der Waals surface area contributed by atoms with E-state index in [9.17, 15) is 4.79 Å². The predicted molar refractivity (Wildman–Crippen MR) is 44.9 cm³/mol. The highest BCUT2D eigenvalue weighted by atomic mass is 35.5. The first-order valence-corrected chi connectivity index (χ1v) is 3.79. The van der Waals surface area contributed by atoms with Gasteiger partial charge in [0.25, 0.3) is 0 Å². The Morgan fingerprint density at radius 1 is 1.69 bits per heavy atom. The van der Waals surface area contributed by atoms with Crippen LogP contribution in [0.25, 0.3) is 0 Å². The molecule has 0 saturated carbocycles. The fraction of sp³-hybridized carbons (Fsp3) is 0.286. The monoisotopic (exact) mass is 202 g/mol. The lowest BCUT2D eigenvalue weighted by atomic mass is 10.2. The number of hydrogen-bond donors (Lipinski definition) is 1. The van der Waals surface area contributed by atoms with Crippen LogP contribution >= 0.6 is 11.6 Å². The van der Waals surface area contributed by atoms with E-state index in [1.165, 1.54) is 13.2 Å². The van der Waals surface area contributed by atoms with Gasteiger partial charge in [-0.3, -0.25) is 4.79 Å². The van der Waals surface area contributed by atoms with Gasteiger partial charge < -0.3 is 9.84 Å². The number of aromatic nitrogens is 2. The van der Waals surface area contributed by atoms with Crippen LogP contribution in [0.3, 0.4) is 0 Å². The van der Waals surface area contributed by atoms with Gasteiger partial charge in [0.05, 0.1) is 13.5 Å². The van der Waals surface area contributed by atoms with Crippen molar-refractivity contribution < 1.29 is 14.6 Å². The molecule has 0 aliphatic carbocycles. The molecule has 0 bridgehead atoms. The summed E-state index contributed by atoms with van der Waals surface area (Å²) in [6.45, 7) is 0. The lowest BCUT2D eigenvalue weighted by molar-refractivity contribution is -0.136. The number of rotatable bonds is 3. The number of carbonyl (C=O) groups is 1. The number of hydrogen-bond acceptors (Lipinski definition) is 4. The Balaban J connectivity index is 3.01. The molecule has 0 atom stereocenters. The van der Waals surface area contributed by atoms with Crippen molar-refractivity contribution in [2.75, 3.05) is 7.11 Å². The molecule has 13 heavy (non-hydrogen) atoms. The van der Waals surface area contributed by atoms with Crippen LogP contribution in [-0.2, 0) is 11.2 Å². The molecule has 0 aromatic carbocycles. The molecule has 0 radical (unpaired) electrons. The van der Waals surface area contributed by atoms with E-state index in [0.29, 0.717) is 5.56 Å². The second-order valence-electron chi connectivity index (χ2n) is 2.27. The summed E-state index contributed by atoms with van der Waals surface area (Å²) in [4.78, 5) is 10.4. The second-order valence-corrected chi connectivity index (χ2v) is 2.66. The summed E-state index contributed by atoms with van der Waals surface area (Å²) >= 11 is 5.54. The number of halogens is 1. The summed E-state index contributed by atoms with van der Waals surface area (Å²) in [6, 6.07) is 1.42. The van der Waals surface area contributed by atoms with Crippen LogP contribution in [0, 0.1) is 0 Å². The van der Waals surface area contributed by atoms with Crippen LogP contribution in [0.15, 0.2) is 6.07 Å². The maximum absolute atomic E-state index is 10.4. The van der Waals surface area contributed by atoms with E-state index in [-0.39, 0.29) is 17.5 Å². The number of methoxy groups -OCH3 is 1. The largest absolute Gasteiger partial charge is 0.481 e. The third-order valence-corrected chi connectivity index (χ3v) is 1.52. The smallest absolute Gasteiger partial charge is 0.308 e. The van der Waals surface area contributed by atoms with Gasteiger partial charge in [-0.05, 0) is 6.07 Å². The third kappa shape index (κ3) is 2.55. The molecule has 1 heterocycles. The van der Waals surface area contributed by atoms with Crippen molar-refractivity contribution in [3.8, 4) is 5.88 Å². The van der Waals surface area contributed by atoms with Crippen LogP contribution < -0.4 is 4.74 Å². The van der Waals surface area contributed by atoms with E-state index in [1.54, 1.807) is 0 Å². The van der Waals surface area contributed by atoms with E-state index in [1.807, 2.05) is 0 Å². The Hall–Kier alpha value is -1.36. The van der Waals surface area contributed by atoms with Crippen LogP contribution in [0.2, 0.25) is 5.15 Å². The van der Waals surface area contributed by atoms with Gasteiger partial charge in [-0.1, -0.05) is 11.6 Å². The van der Waals surface area contributed by atoms with Crippen molar-refractivity contribution in [1.82, 2.24) is 10.2 Å². The molecule has 0 spiro atoms. The molecule has 6 heteroatoms. The number of carboxylic acids is 1. The van der Waals surface area contributed by atoms with Crippen molar-refractivity contribution in [1.29, 1.82) is 0 Å². The fourth-order valence-corrected chi connectivity index (χ4v) is 1.02. The summed E-state index contributed by atoms with van der Waals surface area (Å²) in [6.07, 6.45) is -0.182. The zero-order chi connectivity index (χ0) is 9.84. The summed E-state index contributed by atoms with van der Waals surface area (Å²) in [7, 11) is 1.39. The number of aliphatic carboxylic acids is 1. The average Bonchev–Trinajstić information content (AvgIpc) is 2.03. The minimum Gasteiger partial charge on any atom is -0.481 e. The van der Waals surface area contributed by atoms with Crippen LogP contribution in [0.4, 0.5) is 0 Å². The molecule has 0 amide bonds. The summed E-state index contributed by atoms with van der Waals surface area (Å²) in [5.41, 5.74) is 0.412. The van der Waals surface area contributed by atoms with Gasteiger partial charge in [0.1, 0.15) is 0 Å². The van der Waals surface area contributed by atoms with Gasteiger partial charge in [0.2, 0.25) is 5.88 Å². The van der Waals surface area contributed by atoms with Crippen LogP contribution in [-0.4, -0.2) is 28.4 Å². The van der Waals surface area contributed by atoms with Gasteiger partial charge in [-0.2, -0.15) is 0 Å². The molecule has 1 aromatic heterocycles. The average molecular weight is 203 g/mol. The van der Waals surface area contributed by atoms with E-state index in [0.717, 1.165) is 0 Å². The third-order valence-electron chi connectivity index (χ3n) is 1.34. The Kier molecular flexibility index (Phi) is 3.02. The highest BCUT2D eigenvalue weighted by molar-refractivity contribution is 6.29. The van der Waals surface area contributed by atoms with E-state index >= 15 is 0 Å². The summed E-state index contributed by atoms with van der Waals surface area (Å²) < 4.78 is 4.81. The molecule has 0 saturated heterocycles. The van der Waals surface area contributed by atoms with Crippen molar-refractivity contribution in [3.05, 3.63) is 16.8 Å². The maximum Gasteiger partial charge on any atom is 0.308 e. The van der Waals surface area contributed by atoms with Crippen LogP contribution in [0.1, 0.15) is 5.56 Å². The Morgan fingerprint density at radius 3 is 2.92 bits per heavy atom. The van der Waals surface area contributed by atoms with E-state index in [4.69, 9.17) is 21.4 Å². The number of carboxylic acid groups (broad SMARTS) is 1. The minimum absolute atomic E-state index is 0.150. The zero-order valence-corrected chi connectivity index (χ0v) is 7.58. The Bertz CT molecular complexity index is 330. The fourth-order valence-electron chi connectivity index (χ4n) is 0.853. The molecule has 0 aliphatic rings. The van der Waals surface area contributed by atoms with Crippen molar-refractivity contribution in [2.24, 2.45) is 0 Å². The summed E-state index contributed by atoms with van der Waals surface area (Å²) in [5.74, 6) is -0.783.